The van der Waals surface area contributed by atoms with Crippen LogP contribution in [0.3, 0.4) is 0 Å². The summed E-state index contributed by atoms with van der Waals surface area (Å²) in [5.41, 5.74) is 11.2. The van der Waals surface area contributed by atoms with Crippen LogP contribution in [0.4, 0.5) is 10.1 Å². The van der Waals surface area contributed by atoms with Crippen LogP contribution in [-0.2, 0) is 0 Å². The lowest BCUT2D eigenvalue weighted by molar-refractivity contribution is 0.588. The summed E-state index contributed by atoms with van der Waals surface area (Å²) in [6.45, 7) is 0.511. The number of nitrogens with two attached hydrogens (primary N) is 2. The molecule has 68 valence electrons. The fourth-order valence-corrected chi connectivity index (χ4v) is 0.770. The third-order valence-electron chi connectivity index (χ3n) is 1.37. The maximum Gasteiger partial charge on any atom is 0.236 e. The van der Waals surface area contributed by atoms with Crippen LogP contribution in [0, 0.1) is 17.8 Å². The van der Waals surface area contributed by atoms with Gasteiger partial charge in [0, 0.05) is 24.7 Å². The molecule has 0 saturated carbocycles. The standard InChI is InChI=1S/C9H10FN3/c10-9-8(12)5-7(6-13-9)3-1-2-4-11/h5-6H,2,4,11-12H2. The Morgan fingerprint density at radius 2 is 2.31 bits per heavy atom. The summed E-state index contributed by atoms with van der Waals surface area (Å²) >= 11 is 0. The van der Waals surface area contributed by atoms with Crippen LogP contribution < -0.4 is 11.5 Å². The van der Waals surface area contributed by atoms with Gasteiger partial charge in [-0.3, -0.25) is 0 Å². The summed E-state index contributed by atoms with van der Waals surface area (Å²) in [4.78, 5) is 3.43. The first-order chi connectivity index (χ1) is 6.24. The Balaban J connectivity index is 2.81. The lowest BCUT2D eigenvalue weighted by Crippen LogP contribution is -1.96. The molecule has 0 fully saturated rings. The van der Waals surface area contributed by atoms with Gasteiger partial charge >= 0.3 is 0 Å². The Labute approximate surface area is 76.0 Å². The summed E-state index contributed by atoms with van der Waals surface area (Å²) < 4.78 is 12.6. The molecule has 0 aliphatic rings. The van der Waals surface area contributed by atoms with Gasteiger partial charge in [0.25, 0.3) is 0 Å². The molecule has 0 aromatic carbocycles. The van der Waals surface area contributed by atoms with Gasteiger partial charge in [-0.15, -0.1) is 0 Å². The van der Waals surface area contributed by atoms with Gasteiger partial charge in [-0.05, 0) is 6.07 Å². The highest BCUT2D eigenvalue weighted by Gasteiger charge is 1.97. The molecular weight excluding hydrogens is 169 g/mol. The molecule has 1 heterocycles. The van der Waals surface area contributed by atoms with Crippen LogP contribution in [0.2, 0.25) is 0 Å². The molecule has 1 aromatic heterocycles. The first-order valence-corrected chi connectivity index (χ1v) is 3.84. The second-order valence-electron chi connectivity index (χ2n) is 2.44. The molecule has 13 heavy (non-hydrogen) atoms. The monoisotopic (exact) mass is 179 g/mol. The normalized spacial score (nSPS) is 9.08. The van der Waals surface area contributed by atoms with E-state index < -0.39 is 5.95 Å². The molecule has 0 radical (unpaired) electrons. The van der Waals surface area contributed by atoms with Gasteiger partial charge in [-0.25, -0.2) is 4.98 Å². The third-order valence-corrected chi connectivity index (χ3v) is 1.37. The number of nitrogens with zero attached hydrogens (tertiary/aromatic N) is 1. The average molecular weight is 179 g/mol. The Bertz CT molecular complexity index is 352. The topological polar surface area (TPSA) is 64.9 Å². The summed E-state index contributed by atoms with van der Waals surface area (Å²) in [6.07, 6.45) is 1.95. The minimum Gasteiger partial charge on any atom is -0.395 e. The van der Waals surface area contributed by atoms with Crippen LogP contribution in [0.15, 0.2) is 12.3 Å². The highest BCUT2D eigenvalue weighted by molar-refractivity contribution is 5.44. The first-order valence-electron chi connectivity index (χ1n) is 3.84. The number of aromatic nitrogens is 1. The van der Waals surface area contributed by atoms with E-state index in [2.05, 4.69) is 16.8 Å². The molecule has 0 bridgehead atoms. The van der Waals surface area contributed by atoms with E-state index in [0.29, 0.717) is 18.5 Å². The molecular formula is C9H10FN3. The van der Waals surface area contributed by atoms with Crippen molar-refractivity contribution in [2.45, 2.75) is 6.42 Å². The third kappa shape index (κ3) is 2.73. The summed E-state index contributed by atoms with van der Waals surface area (Å²) in [5.74, 6) is 4.92. The van der Waals surface area contributed by atoms with Gasteiger partial charge in [0.15, 0.2) is 0 Å². The van der Waals surface area contributed by atoms with Crippen molar-refractivity contribution in [1.82, 2.24) is 4.98 Å². The molecule has 4 N–H and O–H groups in total. The number of halogens is 1. The summed E-state index contributed by atoms with van der Waals surface area (Å²) in [6, 6.07) is 1.45. The van der Waals surface area contributed by atoms with Gasteiger partial charge in [0.2, 0.25) is 5.95 Å². The number of hydrogen-bond donors (Lipinski definition) is 2. The quantitative estimate of drug-likeness (QED) is 0.487. The van der Waals surface area contributed by atoms with Gasteiger partial charge in [0.1, 0.15) is 0 Å². The Hall–Kier alpha value is -1.60. The largest absolute Gasteiger partial charge is 0.395 e. The van der Waals surface area contributed by atoms with E-state index in [-0.39, 0.29) is 5.69 Å². The first kappa shape index (κ1) is 9.49. The smallest absolute Gasteiger partial charge is 0.236 e. The average Bonchev–Trinajstić information content (AvgIpc) is 2.12. The maximum atomic E-state index is 12.6. The lowest BCUT2D eigenvalue weighted by atomic mass is 10.2. The Morgan fingerprint density at radius 3 is 2.92 bits per heavy atom. The van der Waals surface area contributed by atoms with E-state index in [4.69, 9.17) is 11.5 Å². The number of pyridine rings is 1. The summed E-state index contributed by atoms with van der Waals surface area (Å²) in [5, 5.41) is 0. The molecule has 0 aliphatic carbocycles. The van der Waals surface area contributed by atoms with E-state index in [9.17, 15) is 4.39 Å². The molecule has 0 spiro atoms. The second kappa shape index (κ2) is 4.43. The van der Waals surface area contributed by atoms with Gasteiger partial charge in [-0.1, -0.05) is 11.8 Å². The van der Waals surface area contributed by atoms with Crippen LogP contribution in [-0.4, -0.2) is 11.5 Å². The zero-order valence-electron chi connectivity index (χ0n) is 7.05. The zero-order valence-corrected chi connectivity index (χ0v) is 7.05. The molecule has 0 unspecified atom stereocenters. The van der Waals surface area contributed by atoms with Crippen molar-refractivity contribution in [3.63, 3.8) is 0 Å². The molecule has 0 amide bonds. The Kier molecular flexibility index (Phi) is 3.23. The van der Waals surface area contributed by atoms with Crippen molar-refractivity contribution in [3.05, 3.63) is 23.8 Å². The molecule has 1 aromatic rings. The van der Waals surface area contributed by atoms with Gasteiger partial charge in [-0.2, -0.15) is 4.39 Å². The highest BCUT2D eigenvalue weighted by atomic mass is 19.1. The van der Waals surface area contributed by atoms with E-state index in [1.165, 1.54) is 12.3 Å². The van der Waals surface area contributed by atoms with E-state index in [0.717, 1.165) is 0 Å². The molecule has 1 rings (SSSR count). The van der Waals surface area contributed by atoms with Crippen LogP contribution in [0.1, 0.15) is 12.0 Å². The molecule has 3 nitrogen and oxygen atoms in total. The SMILES string of the molecule is NCCC#Cc1cnc(F)c(N)c1. The van der Waals surface area contributed by atoms with E-state index >= 15 is 0 Å². The van der Waals surface area contributed by atoms with Crippen LogP contribution in [0.25, 0.3) is 0 Å². The maximum absolute atomic E-state index is 12.6. The molecule has 4 heteroatoms. The predicted octanol–water partition coefficient (Wildman–Crippen LogP) is 0.503. The highest BCUT2D eigenvalue weighted by Crippen LogP contribution is 2.07. The second-order valence-corrected chi connectivity index (χ2v) is 2.44. The molecule has 0 aliphatic heterocycles. The van der Waals surface area contributed by atoms with Gasteiger partial charge < -0.3 is 11.5 Å². The van der Waals surface area contributed by atoms with Crippen molar-refractivity contribution < 1.29 is 4.39 Å². The minimum absolute atomic E-state index is 0.0135. The van der Waals surface area contributed by atoms with Crippen LogP contribution in [0.5, 0.6) is 0 Å². The fraction of sp³-hybridized carbons (Fsp3) is 0.222. The molecule has 0 saturated heterocycles. The number of rotatable bonds is 1. The van der Waals surface area contributed by atoms with E-state index in [1.807, 2.05) is 0 Å². The summed E-state index contributed by atoms with van der Waals surface area (Å²) in [7, 11) is 0. The number of nitrogen functional groups attached to an aromatic ring is 1. The lowest BCUT2D eigenvalue weighted by Gasteiger charge is -1.94. The van der Waals surface area contributed by atoms with E-state index in [1.54, 1.807) is 0 Å². The Morgan fingerprint density at radius 1 is 1.54 bits per heavy atom. The van der Waals surface area contributed by atoms with Crippen LogP contribution >= 0.6 is 0 Å². The zero-order chi connectivity index (χ0) is 9.68. The number of anilines is 1. The van der Waals surface area contributed by atoms with Gasteiger partial charge in [0.05, 0.1) is 5.69 Å². The van der Waals surface area contributed by atoms with Crippen molar-refractivity contribution in [1.29, 1.82) is 0 Å². The molecule has 0 atom stereocenters. The van der Waals surface area contributed by atoms with Crippen molar-refractivity contribution in [2.75, 3.05) is 12.3 Å². The van der Waals surface area contributed by atoms with Crippen molar-refractivity contribution in [2.24, 2.45) is 5.73 Å². The predicted molar refractivity (Wildman–Crippen MR) is 49.2 cm³/mol. The van der Waals surface area contributed by atoms with Crippen molar-refractivity contribution in [3.8, 4) is 11.8 Å². The fourth-order valence-electron chi connectivity index (χ4n) is 0.770. The van der Waals surface area contributed by atoms with Crippen molar-refractivity contribution >= 4 is 5.69 Å². The minimum atomic E-state index is -0.663. The number of hydrogen-bond acceptors (Lipinski definition) is 3.